The second-order valence-electron chi connectivity index (χ2n) is 3.45. The molecule has 0 spiro atoms. The lowest BCUT2D eigenvalue weighted by molar-refractivity contribution is 0.282. The minimum Gasteiger partial charge on any atom is -0.327 e. The van der Waals surface area contributed by atoms with Crippen LogP contribution in [0.3, 0.4) is 0 Å². The highest BCUT2D eigenvalue weighted by molar-refractivity contribution is 4.85. The van der Waals surface area contributed by atoms with E-state index in [0.29, 0.717) is 6.54 Å². The molecule has 0 bridgehead atoms. The van der Waals surface area contributed by atoms with Crippen LogP contribution in [-0.2, 0) is 0 Å². The van der Waals surface area contributed by atoms with Crippen LogP contribution in [0.15, 0.2) is 12.2 Å². The van der Waals surface area contributed by atoms with Crippen LogP contribution in [0.5, 0.6) is 0 Å². The van der Waals surface area contributed by atoms with Crippen molar-refractivity contribution < 1.29 is 0 Å². The summed E-state index contributed by atoms with van der Waals surface area (Å²) in [6, 6.07) is 0. The Morgan fingerprint density at radius 3 is 2.42 bits per heavy atom. The van der Waals surface area contributed by atoms with Crippen molar-refractivity contribution in [1.29, 1.82) is 0 Å². The first kappa shape index (κ1) is 11.7. The molecule has 0 aliphatic rings. The fourth-order valence-corrected chi connectivity index (χ4v) is 1.17. The molecule has 0 fully saturated rings. The van der Waals surface area contributed by atoms with Crippen molar-refractivity contribution in [1.82, 2.24) is 4.90 Å². The normalized spacial score (nSPS) is 12.2. The average Bonchev–Trinajstić information content (AvgIpc) is 2.02. The molecule has 0 rings (SSSR count). The smallest absolute Gasteiger partial charge is 0.0163 e. The van der Waals surface area contributed by atoms with Gasteiger partial charge in [-0.15, -0.1) is 0 Å². The molecule has 12 heavy (non-hydrogen) atoms. The minimum absolute atomic E-state index is 0.652. The lowest BCUT2D eigenvalue weighted by Crippen LogP contribution is -2.27. The van der Waals surface area contributed by atoms with E-state index in [-0.39, 0.29) is 0 Å². The Morgan fingerprint density at radius 1 is 1.33 bits per heavy atom. The molecule has 2 nitrogen and oxygen atoms in total. The van der Waals surface area contributed by atoms with Crippen molar-refractivity contribution in [2.45, 2.75) is 20.8 Å². The molecular formula is C10H22N2. The van der Waals surface area contributed by atoms with Crippen LogP contribution >= 0.6 is 0 Å². The molecule has 0 atom stereocenters. The maximum Gasteiger partial charge on any atom is 0.0163 e. The van der Waals surface area contributed by atoms with Crippen LogP contribution in [0, 0.1) is 5.92 Å². The molecule has 0 aromatic rings. The Labute approximate surface area is 76.4 Å². The first-order valence-corrected chi connectivity index (χ1v) is 4.78. The number of nitrogens with zero attached hydrogens (tertiary/aromatic N) is 1. The van der Waals surface area contributed by atoms with E-state index < -0.39 is 0 Å². The lowest BCUT2D eigenvalue weighted by Gasteiger charge is -2.20. The number of hydrogen-bond donors (Lipinski definition) is 1. The monoisotopic (exact) mass is 170 g/mol. The van der Waals surface area contributed by atoms with Crippen molar-refractivity contribution in [3.05, 3.63) is 12.2 Å². The van der Waals surface area contributed by atoms with Gasteiger partial charge >= 0.3 is 0 Å². The number of rotatable bonds is 6. The highest BCUT2D eigenvalue weighted by atomic mass is 15.1. The number of nitrogens with two attached hydrogens (primary N) is 1. The van der Waals surface area contributed by atoms with Crippen molar-refractivity contribution >= 4 is 0 Å². The first-order valence-electron chi connectivity index (χ1n) is 4.78. The van der Waals surface area contributed by atoms with Crippen molar-refractivity contribution in [2.75, 3.05) is 26.2 Å². The van der Waals surface area contributed by atoms with E-state index in [1.54, 1.807) is 0 Å². The molecule has 0 saturated carbocycles. The van der Waals surface area contributed by atoms with Gasteiger partial charge in [0.1, 0.15) is 0 Å². The minimum atomic E-state index is 0.652. The largest absolute Gasteiger partial charge is 0.327 e. The van der Waals surface area contributed by atoms with Gasteiger partial charge in [0.15, 0.2) is 0 Å². The van der Waals surface area contributed by atoms with Crippen LogP contribution < -0.4 is 5.73 Å². The molecule has 0 saturated heterocycles. The van der Waals surface area contributed by atoms with Crippen LogP contribution in [0.2, 0.25) is 0 Å². The van der Waals surface area contributed by atoms with Gasteiger partial charge in [0.05, 0.1) is 0 Å². The maximum atomic E-state index is 5.35. The van der Waals surface area contributed by atoms with Gasteiger partial charge in [-0.3, -0.25) is 4.90 Å². The molecule has 0 unspecified atom stereocenters. The molecule has 0 radical (unpaired) electrons. The van der Waals surface area contributed by atoms with E-state index >= 15 is 0 Å². The highest BCUT2D eigenvalue weighted by Gasteiger charge is 2.01. The first-order chi connectivity index (χ1) is 5.70. The zero-order valence-electron chi connectivity index (χ0n) is 8.59. The van der Waals surface area contributed by atoms with Gasteiger partial charge in [-0.05, 0) is 12.5 Å². The fraction of sp³-hybridized carbons (Fsp3) is 0.800. The Morgan fingerprint density at radius 2 is 2.00 bits per heavy atom. The van der Waals surface area contributed by atoms with E-state index in [1.807, 2.05) is 6.08 Å². The summed E-state index contributed by atoms with van der Waals surface area (Å²) in [6.45, 7) is 10.7. The standard InChI is InChI=1S/C10H22N2/c1-4-12(9-10(2)3)8-6-5-7-11/h5-6,10H,4,7-9,11H2,1-3H3. The van der Waals surface area contributed by atoms with Crippen LogP contribution in [-0.4, -0.2) is 31.1 Å². The summed E-state index contributed by atoms with van der Waals surface area (Å²) in [5, 5.41) is 0. The summed E-state index contributed by atoms with van der Waals surface area (Å²) in [6.07, 6.45) is 4.16. The van der Waals surface area contributed by atoms with E-state index in [0.717, 1.165) is 19.0 Å². The topological polar surface area (TPSA) is 29.3 Å². The van der Waals surface area contributed by atoms with Crippen LogP contribution in [0.25, 0.3) is 0 Å². The van der Waals surface area contributed by atoms with Crippen molar-refractivity contribution in [3.8, 4) is 0 Å². The molecule has 0 aliphatic carbocycles. The zero-order chi connectivity index (χ0) is 9.40. The third-order valence-corrected chi connectivity index (χ3v) is 1.74. The molecule has 2 heteroatoms. The number of likely N-dealkylation sites (N-methyl/N-ethyl adjacent to an activating group) is 1. The third kappa shape index (κ3) is 6.38. The summed E-state index contributed by atoms with van der Waals surface area (Å²) in [7, 11) is 0. The summed E-state index contributed by atoms with van der Waals surface area (Å²) in [5.74, 6) is 0.747. The Balaban J connectivity index is 3.60. The predicted octanol–water partition coefficient (Wildman–Crippen LogP) is 1.48. The van der Waals surface area contributed by atoms with Crippen molar-refractivity contribution in [2.24, 2.45) is 11.7 Å². The lowest BCUT2D eigenvalue weighted by atomic mass is 10.2. The zero-order valence-corrected chi connectivity index (χ0v) is 8.59. The van der Waals surface area contributed by atoms with Crippen molar-refractivity contribution in [3.63, 3.8) is 0 Å². The van der Waals surface area contributed by atoms with Gasteiger partial charge in [0.2, 0.25) is 0 Å². The summed E-state index contributed by atoms with van der Waals surface area (Å²) in [5.41, 5.74) is 5.35. The van der Waals surface area contributed by atoms with E-state index in [1.165, 1.54) is 6.54 Å². The van der Waals surface area contributed by atoms with Gasteiger partial charge in [-0.2, -0.15) is 0 Å². The molecule has 2 N–H and O–H groups in total. The summed E-state index contributed by atoms with van der Waals surface area (Å²) < 4.78 is 0. The fourth-order valence-electron chi connectivity index (χ4n) is 1.17. The molecule has 0 heterocycles. The molecule has 0 aromatic heterocycles. The number of hydrogen-bond acceptors (Lipinski definition) is 2. The van der Waals surface area contributed by atoms with Crippen LogP contribution in [0.1, 0.15) is 20.8 Å². The van der Waals surface area contributed by atoms with Gasteiger partial charge in [-0.1, -0.05) is 32.9 Å². The summed E-state index contributed by atoms with van der Waals surface area (Å²) >= 11 is 0. The Kier molecular flexibility index (Phi) is 7.11. The average molecular weight is 170 g/mol. The van der Waals surface area contributed by atoms with Gasteiger partial charge in [-0.25, -0.2) is 0 Å². The van der Waals surface area contributed by atoms with Crippen LogP contribution in [0.4, 0.5) is 0 Å². The van der Waals surface area contributed by atoms with E-state index in [4.69, 9.17) is 5.73 Å². The molecular weight excluding hydrogens is 148 g/mol. The SMILES string of the molecule is CCN(CC=CCN)CC(C)C. The maximum absolute atomic E-state index is 5.35. The molecule has 0 aromatic carbocycles. The quantitative estimate of drug-likeness (QED) is 0.612. The van der Waals surface area contributed by atoms with Gasteiger partial charge < -0.3 is 5.73 Å². The Hall–Kier alpha value is -0.340. The Bertz CT molecular complexity index is 119. The molecule has 0 aliphatic heterocycles. The van der Waals surface area contributed by atoms with E-state index in [9.17, 15) is 0 Å². The molecule has 0 amide bonds. The highest BCUT2D eigenvalue weighted by Crippen LogP contribution is 1.97. The van der Waals surface area contributed by atoms with Gasteiger partial charge in [0, 0.05) is 19.6 Å². The molecule has 72 valence electrons. The second kappa shape index (κ2) is 7.32. The predicted molar refractivity (Wildman–Crippen MR) is 55.1 cm³/mol. The van der Waals surface area contributed by atoms with Gasteiger partial charge in [0.25, 0.3) is 0 Å². The second-order valence-corrected chi connectivity index (χ2v) is 3.45. The third-order valence-electron chi connectivity index (χ3n) is 1.74. The van der Waals surface area contributed by atoms with E-state index in [2.05, 4.69) is 31.7 Å². The summed E-state index contributed by atoms with van der Waals surface area (Å²) in [4.78, 5) is 2.41.